The van der Waals surface area contributed by atoms with E-state index in [4.69, 9.17) is 15.2 Å². The number of hydrogen-bond donors (Lipinski definition) is 1. The van der Waals surface area contributed by atoms with E-state index in [-0.39, 0.29) is 0 Å². The molecule has 0 bridgehead atoms. The van der Waals surface area contributed by atoms with Gasteiger partial charge in [0, 0.05) is 9.26 Å². The topological polar surface area (TPSA) is 61.5 Å². The normalized spacial score (nSPS) is 10.2. The second-order valence-electron chi connectivity index (χ2n) is 4.25. The van der Waals surface area contributed by atoms with Crippen molar-refractivity contribution in [3.8, 4) is 11.5 Å². The molecule has 0 saturated carbocycles. The van der Waals surface area contributed by atoms with E-state index < -0.39 is 5.97 Å². The number of nitrogens with two attached hydrogens (primary N) is 1. The summed E-state index contributed by atoms with van der Waals surface area (Å²) in [7, 11) is 1.32. The number of anilines is 1. The van der Waals surface area contributed by atoms with Gasteiger partial charge in [0.1, 0.15) is 11.5 Å². The fourth-order valence-electron chi connectivity index (χ4n) is 1.77. The van der Waals surface area contributed by atoms with E-state index in [1.807, 2.05) is 31.2 Å². The standard InChI is InChI=1S/C15H14INO3/c1-9-6-12(8-13(14(9)17)15(18)19-2)20-11-5-3-4-10(16)7-11/h3-8H,17H2,1-2H3. The molecule has 0 amide bonds. The maximum absolute atomic E-state index is 11.7. The van der Waals surface area contributed by atoms with Gasteiger partial charge in [-0.2, -0.15) is 0 Å². The highest BCUT2D eigenvalue weighted by Crippen LogP contribution is 2.29. The molecule has 0 radical (unpaired) electrons. The fourth-order valence-corrected chi connectivity index (χ4v) is 2.28. The molecule has 2 rings (SSSR count). The maximum Gasteiger partial charge on any atom is 0.340 e. The van der Waals surface area contributed by atoms with Crippen LogP contribution < -0.4 is 10.5 Å². The van der Waals surface area contributed by atoms with Crippen molar-refractivity contribution >= 4 is 34.2 Å². The number of hydrogen-bond acceptors (Lipinski definition) is 4. The zero-order chi connectivity index (χ0) is 14.7. The maximum atomic E-state index is 11.7. The quantitative estimate of drug-likeness (QED) is 0.498. The Kier molecular flexibility index (Phi) is 4.49. The molecule has 2 N–H and O–H groups in total. The first-order valence-electron chi connectivity index (χ1n) is 5.93. The SMILES string of the molecule is COC(=O)c1cc(Oc2cccc(I)c2)cc(C)c1N. The van der Waals surface area contributed by atoms with Crippen LogP contribution in [0.5, 0.6) is 11.5 Å². The van der Waals surface area contributed by atoms with Crippen LogP contribution in [-0.4, -0.2) is 13.1 Å². The molecular formula is C15H14INO3. The van der Waals surface area contributed by atoms with Gasteiger partial charge in [-0.3, -0.25) is 0 Å². The minimum atomic E-state index is -0.473. The van der Waals surface area contributed by atoms with Crippen LogP contribution in [0.25, 0.3) is 0 Å². The number of carbonyl (C=O) groups excluding carboxylic acids is 1. The summed E-state index contributed by atoms with van der Waals surface area (Å²) in [5.74, 6) is 0.787. The lowest BCUT2D eigenvalue weighted by Gasteiger charge is -2.11. The number of ether oxygens (including phenoxy) is 2. The lowest BCUT2D eigenvalue weighted by molar-refractivity contribution is 0.0601. The Labute approximate surface area is 131 Å². The van der Waals surface area contributed by atoms with Gasteiger partial charge < -0.3 is 15.2 Å². The second-order valence-corrected chi connectivity index (χ2v) is 5.50. The third-order valence-corrected chi connectivity index (χ3v) is 3.47. The molecule has 2 aromatic rings. The van der Waals surface area contributed by atoms with E-state index >= 15 is 0 Å². The van der Waals surface area contributed by atoms with Crippen LogP contribution in [0.3, 0.4) is 0 Å². The molecule has 104 valence electrons. The number of carbonyl (C=O) groups is 1. The highest BCUT2D eigenvalue weighted by Gasteiger charge is 2.14. The van der Waals surface area contributed by atoms with Crippen molar-refractivity contribution in [3.63, 3.8) is 0 Å². The van der Waals surface area contributed by atoms with Crippen LogP contribution in [0.15, 0.2) is 36.4 Å². The summed E-state index contributed by atoms with van der Waals surface area (Å²) in [6, 6.07) is 11.0. The monoisotopic (exact) mass is 383 g/mol. The highest BCUT2D eigenvalue weighted by atomic mass is 127. The Hall–Kier alpha value is -1.76. The predicted octanol–water partition coefficient (Wildman–Crippen LogP) is 3.76. The van der Waals surface area contributed by atoms with E-state index in [0.29, 0.717) is 22.7 Å². The summed E-state index contributed by atoms with van der Waals surface area (Å²) < 4.78 is 11.6. The van der Waals surface area contributed by atoms with Crippen molar-refractivity contribution in [2.45, 2.75) is 6.92 Å². The van der Waals surface area contributed by atoms with Gasteiger partial charge in [-0.15, -0.1) is 0 Å². The number of nitrogen functional groups attached to an aromatic ring is 1. The van der Waals surface area contributed by atoms with Crippen molar-refractivity contribution in [1.82, 2.24) is 0 Å². The van der Waals surface area contributed by atoms with Gasteiger partial charge in [-0.25, -0.2) is 4.79 Å². The van der Waals surface area contributed by atoms with E-state index in [1.54, 1.807) is 12.1 Å². The van der Waals surface area contributed by atoms with Crippen molar-refractivity contribution in [2.24, 2.45) is 0 Å². The number of methoxy groups -OCH3 is 1. The Balaban J connectivity index is 2.38. The Morgan fingerprint density at radius 3 is 2.60 bits per heavy atom. The average molecular weight is 383 g/mol. The molecule has 0 aromatic heterocycles. The third kappa shape index (κ3) is 3.22. The van der Waals surface area contributed by atoms with Gasteiger partial charge >= 0.3 is 5.97 Å². The van der Waals surface area contributed by atoms with Crippen LogP contribution in [0.2, 0.25) is 0 Å². The summed E-state index contributed by atoms with van der Waals surface area (Å²) in [5, 5.41) is 0. The first kappa shape index (κ1) is 14.6. The Bertz CT molecular complexity index is 656. The van der Waals surface area contributed by atoms with Crippen LogP contribution in [0.1, 0.15) is 15.9 Å². The van der Waals surface area contributed by atoms with Gasteiger partial charge in [-0.05, 0) is 65.4 Å². The molecule has 0 heterocycles. The summed E-state index contributed by atoms with van der Waals surface area (Å²) in [5.41, 5.74) is 7.38. The predicted molar refractivity (Wildman–Crippen MR) is 86.2 cm³/mol. The van der Waals surface area contributed by atoms with E-state index in [1.165, 1.54) is 7.11 Å². The first-order valence-corrected chi connectivity index (χ1v) is 7.01. The number of aryl methyl sites for hydroxylation is 1. The van der Waals surface area contributed by atoms with E-state index in [0.717, 1.165) is 9.13 Å². The zero-order valence-corrected chi connectivity index (χ0v) is 13.3. The summed E-state index contributed by atoms with van der Waals surface area (Å²) in [4.78, 5) is 11.7. The molecule has 0 atom stereocenters. The fraction of sp³-hybridized carbons (Fsp3) is 0.133. The summed E-state index contributed by atoms with van der Waals surface area (Å²) >= 11 is 2.21. The number of benzene rings is 2. The number of rotatable bonds is 3. The van der Waals surface area contributed by atoms with Crippen molar-refractivity contribution in [1.29, 1.82) is 0 Å². The second kappa shape index (κ2) is 6.13. The summed E-state index contributed by atoms with van der Waals surface area (Å²) in [6.45, 7) is 1.82. The van der Waals surface area contributed by atoms with E-state index in [2.05, 4.69) is 22.6 Å². The van der Waals surface area contributed by atoms with Gasteiger partial charge in [0.2, 0.25) is 0 Å². The third-order valence-electron chi connectivity index (χ3n) is 2.80. The Morgan fingerprint density at radius 1 is 1.20 bits per heavy atom. The molecule has 0 saturated heterocycles. The van der Waals surface area contributed by atoms with Gasteiger partial charge in [0.05, 0.1) is 12.7 Å². The molecule has 5 heteroatoms. The molecule has 2 aromatic carbocycles. The lowest BCUT2D eigenvalue weighted by Crippen LogP contribution is -2.07. The van der Waals surface area contributed by atoms with Crippen molar-refractivity contribution in [3.05, 3.63) is 51.1 Å². The van der Waals surface area contributed by atoms with E-state index in [9.17, 15) is 4.79 Å². The molecule has 0 fully saturated rings. The van der Waals surface area contributed by atoms with Gasteiger partial charge in [0.15, 0.2) is 0 Å². The molecule has 0 spiro atoms. The molecule has 20 heavy (non-hydrogen) atoms. The largest absolute Gasteiger partial charge is 0.465 e. The van der Waals surface area contributed by atoms with Gasteiger partial charge in [0.25, 0.3) is 0 Å². The van der Waals surface area contributed by atoms with Crippen LogP contribution in [0, 0.1) is 10.5 Å². The molecule has 0 unspecified atom stereocenters. The van der Waals surface area contributed by atoms with Gasteiger partial charge in [-0.1, -0.05) is 6.07 Å². The minimum Gasteiger partial charge on any atom is -0.465 e. The van der Waals surface area contributed by atoms with Crippen LogP contribution >= 0.6 is 22.6 Å². The highest BCUT2D eigenvalue weighted by molar-refractivity contribution is 14.1. The average Bonchev–Trinajstić information content (AvgIpc) is 2.42. The molecule has 0 aliphatic rings. The summed E-state index contributed by atoms with van der Waals surface area (Å²) in [6.07, 6.45) is 0. The lowest BCUT2D eigenvalue weighted by atomic mass is 10.1. The van der Waals surface area contributed by atoms with Crippen molar-refractivity contribution in [2.75, 3.05) is 12.8 Å². The number of esters is 1. The molecular weight excluding hydrogens is 369 g/mol. The van der Waals surface area contributed by atoms with Crippen LogP contribution in [-0.2, 0) is 4.74 Å². The minimum absolute atomic E-state index is 0.313. The Morgan fingerprint density at radius 2 is 1.95 bits per heavy atom. The van der Waals surface area contributed by atoms with Crippen LogP contribution in [0.4, 0.5) is 5.69 Å². The smallest absolute Gasteiger partial charge is 0.340 e. The van der Waals surface area contributed by atoms with Crippen molar-refractivity contribution < 1.29 is 14.3 Å². The number of halogens is 1. The first-order chi connectivity index (χ1) is 9.51. The zero-order valence-electron chi connectivity index (χ0n) is 11.1. The molecule has 0 aliphatic carbocycles. The molecule has 0 aliphatic heterocycles. The molecule has 4 nitrogen and oxygen atoms in total.